The number of nitrogens with zero attached hydrogens (tertiary/aromatic N) is 2. The van der Waals surface area contributed by atoms with Crippen molar-refractivity contribution in [1.29, 1.82) is 0 Å². The molecule has 6 nitrogen and oxygen atoms in total. The lowest BCUT2D eigenvalue weighted by Gasteiger charge is -2.41. The molecule has 2 heterocycles. The standard InChI is InChI=1S/C17H31N3O3/c1-16(2,3)18-14(21)11-20-12-7-8-13(20)10-19(9-12)15(22)23-17(4,5)6/h12-13H,7-11H2,1-6H3,(H,18,21). The molecule has 0 radical (unpaired) electrons. The van der Waals surface area contributed by atoms with Crippen LogP contribution in [0.2, 0.25) is 0 Å². The van der Waals surface area contributed by atoms with Crippen LogP contribution in [0, 0.1) is 0 Å². The molecule has 2 bridgehead atoms. The smallest absolute Gasteiger partial charge is 0.410 e. The summed E-state index contributed by atoms with van der Waals surface area (Å²) >= 11 is 0. The Balaban J connectivity index is 1.92. The Labute approximate surface area is 139 Å². The largest absolute Gasteiger partial charge is 0.444 e. The quantitative estimate of drug-likeness (QED) is 0.843. The highest BCUT2D eigenvalue weighted by molar-refractivity contribution is 5.79. The summed E-state index contributed by atoms with van der Waals surface area (Å²) in [5.74, 6) is 0.0557. The minimum atomic E-state index is -0.472. The van der Waals surface area contributed by atoms with Crippen LogP contribution in [0.15, 0.2) is 0 Å². The topological polar surface area (TPSA) is 61.9 Å². The highest BCUT2D eigenvalue weighted by Gasteiger charge is 2.43. The van der Waals surface area contributed by atoms with Crippen molar-refractivity contribution in [3.63, 3.8) is 0 Å². The summed E-state index contributed by atoms with van der Waals surface area (Å²) in [4.78, 5) is 28.5. The maximum atomic E-state index is 12.3. The van der Waals surface area contributed by atoms with Crippen molar-refractivity contribution in [2.24, 2.45) is 0 Å². The van der Waals surface area contributed by atoms with E-state index in [1.54, 1.807) is 4.90 Å². The molecule has 0 saturated carbocycles. The van der Waals surface area contributed by atoms with Crippen LogP contribution in [0.25, 0.3) is 0 Å². The van der Waals surface area contributed by atoms with Gasteiger partial charge in [-0.25, -0.2) is 4.79 Å². The van der Waals surface area contributed by atoms with Gasteiger partial charge in [-0.2, -0.15) is 0 Å². The third kappa shape index (κ3) is 5.09. The number of fused-ring (bicyclic) bond motifs is 2. The molecule has 0 spiro atoms. The normalized spacial score (nSPS) is 25.4. The van der Waals surface area contributed by atoms with Crippen molar-refractivity contribution in [2.75, 3.05) is 19.6 Å². The molecule has 23 heavy (non-hydrogen) atoms. The zero-order chi connectivity index (χ0) is 17.4. The molecule has 2 fully saturated rings. The minimum absolute atomic E-state index is 0.0557. The molecule has 0 aromatic heterocycles. The molecule has 0 aromatic carbocycles. The molecule has 132 valence electrons. The number of carbonyl (C=O) groups is 2. The van der Waals surface area contributed by atoms with Gasteiger partial charge in [-0.15, -0.1) is 0 Å². The number of hydrogen-bond donors (Lipinski definition) is 1. The number of likely N-dealkylation sites (tertiary alicyclic amines) is 1. The van der Waals surface area contributed by atoms with E-state index in [1.807, 2.05) is 41.5 Å². The zero-order valence-corrected chi connectivity index (χ0v) is 15.3. The third-order valence-electron chi connectivity index (χ3n) is 4.13. The number of hydrogen-bond acceptors (Lipinski definition) is 4. The van der Waals surface area contributed by atoms with Crippen molar-refractivity contribution < 1.29 is 14.3 Å². The predicted molar refractivity (Wildman–Crippen MR) is 89.2 cm³/mol. The summed E-state index contributed by atoms with van der Waals surface area (Å²) in [5, 5.41) is 3.01. The van der Waals surface area contributed by atoms with Crippen LogP contribution >= 0.6 is 0 Å². The average Bonchev–Trinajstić information content (AvgIpc) is 2.56. The fourth-order valence-corrected chi connectivity index (χ4v) is 3.35. The molecule has 2 rings (SSSR count). The van der Waals surface area contributed by atoms with E-state index < -0.39 is 5.60 Å². The Morgan fingerprint density at radius 2 is 1.57 bits per heavy atom. The van der Waals surface area contributed by atoms with Gasteiger partial charge in [-0.05, 0) is 54.4 Å². The summed E-state index contributed by atoms with van der Waals surface area (Å²) < 4.78 is 5.47. The Kier molecular flexibility index (Phi) is 4.95. The van der Waals surface area contributed by atoms with Gasteiger partial charge < -0.3 is 15.0 Å². The predicted octanol–water partition coefficient (Wildman–Crippen LogP) is 1.98. The first-order valence-electron chi connectivity index (χ1n) is 8.49. The first-order chi connectivity index (χ1) is 10.4. The fraction of sp³-hybridized carbons (Fsp3) is 0.882. The van der Waals surface area contributed by atoms with E-state index in [4.69, 9.17) is 4.74 Å². The number of ether oxygens (including phenoxy) is 1. The van der Waals surface area contributed by atoms with Gasteiger partial charge in [0.15, 0.2) is 0 Å². The molecular formula is C17H31N3O3. The van der Waals surface area contributed by atoms with E-state index in [-0.39, 0.29) is 29.6 Å². The Morgan fingerprint density at radius 1 is 1.04 bits per heavy atom. The first-order valence-corrected chi connectivity index (χ1v) is 8.49. The molecule has 1 N–H and O–H groups in total. The van der Waals surface area contributed by atoms with E-state index in [0.717, 1.165) is 12.8 Å². The van der Waals surface area contributed by atoms with Gasteiger partial charge >= 0.3 is 6.09 Å². The monoisotopic (exact) mass is 325 g/mol. The number of rotatable bonds is 2. The van der Waals surface area contributed by atoms with Gasteiger partial charge in [0, 0.05) is 30.7 Å². The average molecular weight is 325 g/mol. The second-order valence-electron chi connectivity index (χ2n) is 8.74. The van der Waals surface area contributed by atoms with Crippen LogP contribution in [0.5, 0.6) is 0 Å². The van der Waals surface area contributed by atoms with Crippen LogP contribution in [0.1, 0.15) is 54.4 Å². The van der Waals surface area contributed by atoms with Gasteiger partial charge in [-0.1, -0.05) is 0 Å². The minimum Gasteiger partial charge on any atom is -0.444 e. The van der Waals surface area contributed by atoms with Gasteiger partial charge in [0.25, 0.3) is 0 Å². The van der Waals surface area contributed by atoms with Crippen molar-refractivity contribution in [2.45, 2.75) is 77.6 Å². The highest BCUT2D eigenvalue weighted by atomic mass is 16.6. The SMILES string of the molecule is CC(C)(C)NC(=O)CN1C2CCC1CN(C(=O)OC(C)(C)C)C2. The molecule has 2 aliphatic heterocycles. The first kappa shape index (κ1) is 18.0. The molecule has 6 heteroatoms. The number of piperazine rings is 1. The Bertz CT molecular complexity index is 451. The van der Waals surface area contributed by atoms with Crippen LogP contribution in [-0.2, 0) is 9.53 Å². The molecule has 2 unspecified atom stereocenters. The van der Waals surface area contributed by atoms with E-state index in [9.17, 15) is 9.59 Å². The van der Waals surface area contributed by atoms with Crippen molar-refractivity contribution in [1.82, 2.24) is 15.1 Å². The van der Waals surface area contributed by atoms with E-state index in [2.05, 4.69) is 10.2 Å². The van der Waals surface area contributed by atoms with Gasteiger partial charge in [0.1, 0.15) is 5.60 Å². The highest BCUT2D eigenvalue weighted by Crippen LogP contribution is 2.30. The summed E-state index contributed by atoms with van der Waals surface area (Å²) in [7, 11) is 0. The summed E-state index contributed by atoms with van der Waals surface area (Å²) in [6.45, 7) is 13.3. The van der Waals surface area contributed by atoms with Crippen molar-refractivity contribution in [3.05, 3.63) is 0 Å². The van der Waals surface area contributed by atoms with Gasteiger partial charge in [-0.3, -0.25) is 9.69 Å². The summed E-state index contributed by atoms with van der Waals surface area (Å²) in [6.07, 6.45) is 1.83. The van der Waals surface area contributed by atoms with Crippen LogP contribution in [0.4, 0.5) is 4.79 Å². The lowest BCUT2D eigenvalue weighted by Crippen LogP contribution is -2.58. The fourth-order valence-electron chi connectivity index (χ4n) is 3.35. The second kappa shape index (κ2) is 6.30. The van der Waals surface area contributed by atoms with Crippen LogP contribution < -0.4 is 5.32 Å². The summed E-state index contributed by atoms with van der Waals surface area (Å²) in [6, 6.07) is 0.513. The van der Waals surface area contributed by atoms with Gasteiger partial charge in [0.2, 0.25) is 5.91 Å². The molecule has 0 aromatic rings. The van der Waals surface area contributed by atoms with Gasteiger partial charge in [0.05, 0.1) is 6.54 Å². The van der Waals surface area contributed by atoms with E-state index in [1.165, 1.54) is 0 Å². The summed E-state index contributed by atoms with van der Waals surface area (Å²) in [5.41, 5.74) is -0.686. The molecule has 0 aliphatic carbocycles. The number of amides is 2. The van der Waals surface area contributed by atoms with E-state index >= 15 is 0 Å². The number of carbonyl (C=O) groups excluding carboxylic acids is 2. The molecule has 2 aliphatic rings. The lowest BCUT2D eigenvalue weighted by molar-refractivity contribution is -0.125. The second-order valence-corrected chi connectivity index (χ2v) is 8.74. The maximum Gasteiger partial charge on any atom is 0.410 e. The molecule has 2 amide bonds. The van der Waals surface area contributed by atoms with Crippen LogP contribution in [0.3, 0.4) is 0 Å². The van der Waals surface area contributed by atoms with Crippen molar-refractivity contribution in [3.8, 4) is 0 Å². The number of nitrogens with one attached hydrogen (secondary N) is 1. The zero-order valence-electron chi connectivity index (χ0n) is 15.3. The lowest BCUT2D eigenvalue weighted by atomic mass is 10.1. The van der Waals surface area contributed by atoms with Crippen molar-refractivity contribution >= 4 is 12.0 Å². The third-order valence-corrected chi connectivity index (χ3v) is 4.13. The molecular weight excluding hydrogens is 294 g/mol. The Morgan fingerprint density at radius 3 is 2.00 bits per heavy atom. The molecule has 2 atom stereocenters. The maximum absolute atomic E-state index is 12.3. The molecule has 2 saturated heterocycles. The Hall–Kier alpha value is -1.30. The van der Waals surface area contributed by atoms with Crippen LogP contribution in [-0.4, -0.2) is 64.7 Å². The van der Waals surface area contributed by atoms with E-state index in [0.29, 0.717) is 19.6 Å².